The lowest BCUT2D eigenvalue weighted by Gasteiger charge is -2.11. The highest BCUT2D eigenvalue weighted by molar-refractivity contribution is 7.89. The summed E-state index contributed by atoms with van der Waals surface area (Å²) >= 11 is 0. The van der Waals surface area contributed by atoms with E-state index in [4.69, 9.17) is 0 Å². The molecule has 0 radical (unpaired) electrons. The number of sulfonamides is 1. The first-order valence-corrected chi connectivity index (χ1v) is 8.08. The molecule has 0 bridgehead atoms. The van der Waals surface area contributed by atoms with E-state index in [1.165, 1.54) is 19.2 Å². The van der Waals surface area contributed by atoms with Gasteiger partial charge in [0.25, 0.3) is 5.91 Å². The second-order valence-electron chi connectivity index (χ2n) is 5.12. The molecule has 0 unspecified atom stereocenters. The molecular weight excluding hydrogens is 276 g/mol. The summed E-state index contributed by atoms with van der Waals surface area (Å²) in [6.07, 6.45) is 0.888. The highest BCUT2D eigenvalue weighted by Gasteiger charge is 2.16. The van der Waals surface area contributed by atoms with Gasteiger partial charge in [0.05, 0.1) is 4.90 Å². The van der Waals surface area contributed by atoms with Crippen LogP contribution in [0.3, 0.4) is 0 Å². The number of hydrogen-bond donors (Lipinski definition) is 2. The fraction of sp³-hybridized carbons (Fsp3) is 0.500. The summed E-state index contributed by atoms with van der Waals surface area (Å²) in [7, 11) is -2.19. The normalized spacial score (nSPS) is 11.7. The Labute approximate surface area is 120 Å². The summed E-state index contributed by atoms with van der Waals surface area (Å²) in [5, 5.41) is 2.81. The summed E-state index contributed by atoms with van der Waals surface area (Å²) in [5.41, 5.74) is 1.15. The van der Waals surface area contributed by atoms with E-state index in [1.54, 1.807) is 13.0 Å². The third-order valence-electron chi connectivity index (χ3n) is 3.04. The van der Waals surface area contributed by atoms with Crippen LogP contribution in [-0.2, 0) is 10.0 Å². The maximum Gasteiger partial charge on any atom is 0.251 e. The molecule has 112 valence electrons. The van der Waals surface area contributed by atoms with Gasteiger partial charge >= 0.3 is 0 Å². The smallest absolute Gasteiger partial charge is 0.251 e. The first kappa shape index (κ1) is 16.7. The van der Waals surface area contributed by atoms with E-state index in [0.29, 0.717) is 18.0 Å². The first-order valence-electron chi connectivity index (χ1n) is 6.60. The van der Waals surface area contributed by atoms with Crippen molar-refractivity contribution in [3.63, 3.8) is 0 Å². The van der Waals surface area contributed by atoms with Crippen molar-refractivity contribution in [3.05, 3.63) is 29.3 Å². The number of amides is 1. The van der Waals surface area contributed by atoms with E-state index >= 15 is 0 Å². The van der Waals surface area contributed by atoms with Gasteiger partial charge in [-0.05, 0) is 44.0 Å². The van der Waals surface area contributed by atoms with Crippen LogP contribution in [0.5, 0.6) is 0 Å². The van der Waals surface area contributed by atoms with Gasteiger partial charge in [-0.25, -0.2) is 13.1 Å². The average Bonchev–Trinajstić information content (AvgIpc) is 2.38. The predicted octanol–water partition coefficient (Wildman–Crippen LogP) is 1.68. The number of carbonyl (C=O) groups excluding carboxylic acids is 1. The average molecular weight is 298 g/mol. The van der Waals surface area contributed by atoms with Gasteiger partial charge in [0, 0.05) is 12.1 Å². The van der Waals surface area contributed by atoms with Crippen LogP contribution in [0.1, 0.15) is 36.2 Å². The molecular formula is C14H22N2O3S. The molecule has 0 heterocycles. The highest BCUT2D eigenvalue weighted by atomic mass is 32.2. The van der Waals surface area contributed by atoms with E-state index in [-0.39, 0.29) is 10.8 Å². The Morgan fingerprint density at radius 2 is 1.95 bits per heavy atom. The van der Waals surface area contributed by atoms with Crippen molar-refractivity contribution in [2.75, 3.05) is 13.6 Å². The first-order chi connectivity index (χ1) is 9.27. The molecule has 0 fully saturated rings. The minimum absolute atomic E-state index is 0.0969. The number of hydrogen-bond acceptors (Lipinski definition) is 3. The Balaban J connectivity index is 2.94. The van der Waals surface area contributed by atoms with Crippen molar-refractivity contribution in [1.29, 1.82) is 0 Å². The molecule has 0 aliphatic heterocycles. The van der Waals surface area contributed by atoms with Crippen LogP contribution < -0.4 is 10.0 Å². The van der Waals surface area contributed by atoms with Crippen molar-refractivity contribution in [3.8, 4) is 0 Å². The van der Waals surface area contributed by atoms with Crippen LogP contribution in [-0.4, -0.2) is 27.9 Å². The number of aryl methyl sites for hydroxylation is 1. The van der Waals surface area contributed by atoms with Crippen molar-refractivity contribution >= 4 is 15.9 Å². The molecule has 6 heteroatoms. The van der Waals surface area contributed by atoms with E-state index in [0.717, 1.165) is 12.0 Å². The predicted molar refractivity (Wildman–Crippen MR) is 79.2 cm³/mol. The molecule has 0 saturated heterocycles. The minimum Gasteiger partial charge on any atom is -0.352 e. The topological polar surface area (TPSA) is 75.3 Å². The maximum atomic E-state index is 12.1. The Morgan fingerprint density at radius 3 is 2.50 bits per heavy atom. The number of carbonyl (C=O) groups is 1. The molecule has 1 rings (SSSR count). The van der Waals surface area contributed by atoms with Gasteiger partial charge < -0.3 is 5.32 Å². The van der Waals surface area contributed by atoms with E-state index in [2.05, 4.69) is 23.9 Å². The van der Waals surface area contributed by atoms with Gasteiger partial charge in [-0.3, -0.25) is 4.79 Å². The molecule has 0 atom stereocenters. The lowest BCUT2D eigenvalue weighted by atomic mass is 10.1. The zero-order chi connectivity index (χ0) is 15.3. The van der Waals surface area contributed by atoms with Crippen molar-refractivity contribution in [2.24, 2.45) is 5.92 Å². The maximum absolute atomic E-state index is 12.1. The van der Waals surface area contributed by atoms with Crippen LogP contribution in [0, 0.1) is 12.8 Å². The number of benzene rings is 1. The molecule has 0 aliphatic carbocycles. The van der Waals surface area contributed by atoms with Gasteiger partial charge in [0.1, 0.15) is 0 Å². The molecule has 2 N–H and O–H groups in total. The summed E-state index contributed by atoms with van der Waals surface area (Å²) in [6.45, 7) is 6.53. The van der Waals surface area contributed by atoms with Crippen molar-refractivity contribution in [1.82, 2.24) is 10.0 Å². The summed E-state index contributed by atoms with van der Waals surface area (Å²) in [5.74, 6) is 0.267. The Bertz CT molecular complexity index is 580. The Hall–Kier alpha value is -1.40. The molecule has 0 spiro atoms. The van der Waals surface area contributed by atoms with Crippen LogP contribution >= 0.6 is 0 Å². The van der Waals surface area contributed by atoms with Crippen molar-refractivity contribution < 1.29 is 13.2 Å². The zero-order valence-electron chi connectivity index (χ0n) is 12.4. The van der Waals surface area contributed by atoms with Gasteiger partial charge in [0.2, 0.25) is 10.0 Å². The molecule has 0 aromatic heterocycles. The summed E-state index contributed by atoms with van der Waals surface area (Å²) < 4.78 is 25.7. The number of nitrogens with one attached hydrogen (secondary N) is 2. The third kappa shape index (κ3) is 4.31. The van der Waals surface area contributed by atoms with E-state index in [1.807, 2.05) is 0 Å². The monoisotopic (exact) mass is 298 g/mol. The lowest BCUT2D eigenvalue weighted by Crippen LogP contribution is -2.26. The minimum atomic E-state index is -3.53. The van der Waals surface area contributed by atoms with Crippen LogP contribution in [0.2, 0.25) is 0 Å². The Morgan fingerprint density at radius 1 is 1.30 bits per heavy atom. The molecule has 5 nitrogen and oxygen atoms in total. The van der Waals surface area contributed by atoms with Crippen LogP contribution in [0.15, 0.2) is 23.1 Å². The Kier molecular flexibility index (Phi) is 5.71. The molecule has 1 aromatic rings. The molecule has 1 aromatic carbocycles. The second-order valence-corrected chi connectivity index (χ2v) is 7.01. The standard InChI is InChI=1S/C14H22N2O3S/c1-10(2)7-8-16-14(17)13-9-12(6-5-11(13)3)20(18,19)15-4/h5-6,9-10,15H,7-8H2,1-4H3,(H,16,17). The van der Waals surface area contributed by atoms with Gasteiger partial charge in [-0.15, -0.1) is 0 Å². The van der Waals surface area contributed by atoms with E-state index in [9.17, 15) is 13.2 Å². The largest absolute Gasteiger partial charge is 0.352 e. The van der Waals surface area contributed by atoms with Gasteiger partial charge in [-0.1, -0.05) is 19.9 Å². The number of rotatable bonds is 6. The molecule has 1 amide bonds. The van der Waals surface area contributed by atoms with Crippen LogP contribution in [0.4, 0.5) is 0 Å². The van der Waals surface area contributed by atoms with Gasteiger partial charge in [-0.2, -0.15) is 0 Å². The lowest BCUT2D eigenvalue weighted by molar-refractivity contribution is 0.0951. The SMILES string of the molecule is CNS(=O)(=O)c1ccc(C)c(C(=O)NCCC(C)C)c1. The van der Waals surface area contributed by atoms with E-state index < -0.39 is 10.0 Å². The second kappa shape index (κ2) is 6.85. The van der Waals surface area contributed by atoms with Crippen LogP contribution in [0.25, 0.3) is 0 Å². The summed E-state index contributed by atoms with van der Waals surface area (Å²) in [6, 6.07) is 4.54. The molecule has 20 heavy (non-hydrogen) atoms. The highest BCUT2D eigenvalue weighted by Crippen LogP contribution is 2.15. The molecule has 0 aliphatic rings. The zero-order valence-corrected chi connectivity index (χ0v) is 13.2. The fourth-order valence-electron chi connectivity index (χ4n) is 1.70. The summed E-state index contributed by atoms with van der Waals surface area (Å²) in [4.78, 5) is 12.2. The van der Waals surface area contributed by atoms with Gasteiger partial charge in [0.15, 0.2) is 0 Å². The molecule has 0 saturated carbocycles. The quantitative estimate of drug-likeness (QED) is 0.839. The third-order valence-corrected chi connectivity index (χ3v) is 4.45. The van der Waals surface area contributed by atoms with Crippen molar-refractivity contribution in [2.45, 2.75) is 32.1 Å². The fourth-order valence-corrected chi connectivity index (χ4v) is 2.46.